The molecule has 0 saturated carbocycles. The quantitative estimate of drug-likeness (QED) is 0.836. The SMILES string of the molecule is COc1cc(NC(=O)c2cnc(N3CCN(C)CC3)cn2)c(OC)cc1Cl. The molecule has 1 aromatic heterocycles. The van der Waals surface area contributed by atoms with Crippen molar-refractivity contribution < 1.29 is 14.3 Å². The molecule has 0 aliphatic carbocycles. The molecule has 0 bridgehead atoms. The molecule has 2 heterocycles. The molecule has 0 radical (unpaired) electrons. The van der Waals surface area contributed by atoms with Crippen molar-refractivity contribution in [3.05, 3.63) is 35.2 Å². The average Bonchev–Trinajstić information content (AvgIpc) is 2.69. The first-order valence-corrected chi connectivity index (χ1v) is 8.88. The Morgan fingerprint density at radius 1 is 1.07 bits per heavy atom. The summed E-state index contributed by atoms with van der Waals surface area (Å²) < 4.78 is 10.5. The first kappa shape index (κ1) is 19.2. The monoisotopic (exact) mass is 391 g/mol. The van der Waals surface area contributed by atoms with Crippen LogP contribution in [-0.4, -0.2) is 68.2 Å². The van der Waals surface area contributed by atoms with E-state index in [0.717, 1.165) is 32.0 Å². The number of hydrogen-bond acceptors (Lipinski definition) is 7. The van der Waals surface area contributed by atoms with Crippen molar-refractivity contribution in [3.63, 3.8) is 0 Å². The van der Waals surface area contributed by atoms with Gasteiger partial charge in [-0.05, 0) is 7.05 Å². The van der Waals surface area contributed by atoms with Gasteiger partial charge in [-0.25, -0.2) is 9.97 Å². The van der Waals surface area contributed by atoms with Gasteiger partial charge in [0, 0.05) is 38.3 Å². The highest BCUT2D eigenvalue weighted by Crippen LogP contribution is 2.36. The second-order valence-electron chi connectivity index (χ2n) is 6.19. The van der Waals surface area contributed by atoms with Gasteiger partial charge in [-0.15, -0.1) is 0 Å². The number of carbonyl (C=O) groups is 1. The number of methoxy groups -OCH3 is 2. The van der Waals surface area contributed by atoms with Crippen molar-refractivity contribution >= 4 is 29.0 Å². The van der Waals surface area contributed by atoms with Gasteiger partial charge in [-0.3, -0.25) is 4.79 Å². The molecule has 3 rings (SSSR count). The molecule has 27 heavy (non-hydrogen) atoms. The first-order valence-electron chi connectivity index (χ1n) is 8.50. The van der Waals surface area contributed by atoms with Gasteiger partial charge in [0.25, 0.3) is 5.91 Å². The van der Waals surface area contributed by atoms with Crippen molar-refractivity contribution in [1.29, 1.82) is 0 Å². The highest BCUT2D eigenvalue weighted by atomic mass is 35.5. The van der Waals surface area contributed by atoms with Crippen molar-refractivity contribution in [1.82, 2.24) is 14.9 Å². The Morgan fingerprint density at radius 3 is 2.37 bits per heavy atom. The number of amides is 1. The highest BCUT2D eigenvalue weighted by Gasteiger charge is 2.18. The zero-order valence-electron chi connectivity index (χ0n) is 15.5. The third-order valence-electron chi connectivity index (χ3n) is 4.42. The van der Waals surface area contributed by atoms with Crippen LogP contribution in [0.2, 0.25) is 5.02 Å². The summed E-state index contributed by atoms with van der Waals surface area (Å²) in [6.45, 7) is 3.72. The molecule has 0 unspecified atom stereocenters. The predicted octanol–water partition coefficient (Wildman–Crippen LogP) is 2.15. The minimum absolute atomic E-state index is 0.212. The molecular weight excluding hydrogens is 370 g/mol. The molecule has 0 atom stereocenters. The number of aromatic nitrogens is 2. The van der Waals surface area contributed by atoms with E-state index in [0.29, 0.717) is 22.2 Å². The normalized spacial score (nSPS) is 14.7. The van der Waals surface area contributed by atoms with Crippen molar-refractivity contribution in [3.8, 4) is 11.5 Å². The lowest BCUT2D eigenvalue weighted by atomic mass is 10.2. The second-order valence-corrected chi connectivity index (χ2v) is 6.60. The van der Waals surface area contributed by atoms with Crippen LogP contribution in [-0.2, 0) is 0 Å². The van der Waals surface area contributed by atoms with E-state index in [4.69, 9.17) is 21.1 Å². The lowest BCUT2D eigenvalue weighted by Crippen LogP contribution is -2.44. The number of carbonyl (C=O) groups excluding carboxylic acids is 1. The number of piperazine rings is 1. The van der Waals surface area contributed by atoms with Crippen molar-refractivity contribution in [2.45, 2.75) is 0 Å². The fourth-order valence-electron chi connectivity index (χ4n) is 2.78. The van der Waals surface area contributed by atoms with Crippen LogP contribution in [0, 0.1) is 0 Å². The summed E-state index contributed by atoms with van der Waals surface area (Å²) in [7, 11) is 5.09. The minimum Gasteiger partial charge on any atom is -0.495 e. The van der Waals surface area contributed by atoms with Gasteiger partial charge in [-0.2, -0.15) is 0 Å². The van der Waals surface area contributed by atoms with Crippen LogP contribution in [0.4, 0.5) is 11.5 Å². The van der Waals surface area contributed by atoms with E-state index in [-0.39, 0.29) is 5.69 Å². The van der Waals surface area contributed by atoms with Gasteiger partial charge in [0.2, 0.25) is 0 Å². The fraction of sp³-hybridized carbons (Fsp3) is 0.389. The summed E-state index contributed by atoms with van der Waals surface area (Å²) in [5, 5.41) is 3.15. The summed E-state index contributed by atoms with van der Waals surface area (Å²) >= 11 is 6.09. The third kappa shape index (κ3) is 4.40. The van der Waals surface area contributed by atoms with Crippen LogP contribution < -0.4 is 19.7 Å². The maximum atomic E-state index is 12.5. The van der Waals surface area contributed by atoms with E-state index < -0.39 is 5.91 Å². The number of likely N-dealkylation sites (N-methyl/N-ethyl adjacent to an activating group) is 1. The Balaban J connectivity index is 1.73. The van der Waals surface area contributed by atoms with Gasteiger partial charge < -0.3 is 24.6 Å². The summed E-state index contributed by atoms with van der Waals surface area (Å²) in [4.78, 5) is 25.6. The summed E-state index contributed by atoms with van der Waals surface area (Å²) in [6.07, 6.45) is 3.10. The van der Waals surface area contributed by atoms with Crippen LogP contribution in [0.3, 0.4) is 0 Å². The molecule has 144 valence electrons. The highest BCUT2D eigenvalue weighted by molar-refractivity contribution is 6.32. The zero-order chi connectivity index (χ0) is 19.4. The van der Waals surface area contributed by atoms with E-state index in [2.05, 4.69) is 32.1 Å². The number of anilines is 2. The van der Waals surface area contributed by atoms with Crippen LogP contribution >= 0.6 is 11.6 Å². The Labute approximate surface area is 163 Å². The second kappa shape index (κ2) is 8.41. The number of nitrogens with zero attached hydrogens (tertiary/aromatic N) is 4. The van der Waals surface area contributed by atoms with Gasteiger partial charge >= 0.3 is 0 Å². The molecule has 2 aromatic rings. The Hall–Kier alpha value is -2.58. The van der Waals surface area contributed by atoms with E-state index in [1.165, 1.54) is 20.4 Å². The number of nitrogens with one attached hydrogen (secondary N) is 1. The number of ether oxygens (including phenoxy) is 2. The smallest absolute Gasteiger partial charge is 0.275 e. The van der Waals surface area contributed by atoms with Gasteiger partial charge in [0.1, 0.15) is 23.0 Å². The van der Waals surface area contributed by atoms with E-state index in [1.807, 2.05) is 0 Å². The molecule has 1 aliphatic heterocycles. The third-order valence-corrected chi connectivity index (χ3v) is 4.72. The molecule has 1 fully saturated rings. The minimum atomic E-state index is -0.393. The predicted molar refractivity (Wildman–Crippen MR) is 104 cm³/mol. The van der Waals surface area contributed by atoms with Crippen LogP contribution in [0.1, 0.15) is 10.5 Å². The number of hydrogen-bond donors (Lipinski definition) is 1. The molecule has 1 N–H and O–H groups in total. The molecule has 8 nitrogen and oxygen atoms in total. The van der Waals surface area contributed by atoms with E-state index >= 15 is 0 Å². The summed E-state index contributed by atoms with van der Waals surface area (Å²) in [6, 6.07) is 3.18. The van der Waals surface area contributed by atoms with Gasteiger partial charge in [-0.1, -0.05) is 11.6 Å². The molecule has 1 amide bonds. The summed E-state index contributed by atoms with van der Waals surface area (Å²) in [5.41, 5.74) is 0.651. The van der Waals surface area contributed by atoms with Crippen LogP contribution in [0.5, 0.6) is 11.5 Å². The summed E-state index contributed by atoms with van der Waals surface area (Å²) in [5.74, 6) is 1.24. The maximum Gasteiger partial charge on any atom is 0.275 e. The molecule has 1 saturated heterocycles. The molecular formula is C18H22ClN5O3. The Kier molecular flexibility index (Phi) is 5.98. The number of halogens is 1. The van der Waals surface area contributed by atoms with Crippen LogP contribution in [0.15, 0.2) is 24.5 Å². The Bertz CT molecular complexity index is 807. The largest absolute Gasteiger partial charge is 0.495 e. The van der Waals surface area contributed by atoms with E-state index in [1.54, 1.807) is 18.3 Å². The number of benzene rings is 1. The average molecular weight is 392 g/mol. The Morgan fingerprint density at radius 2 is 1.78 bits per heavy atom. The van der Waals surface area contributed by atoms with Crippen LogP contribution in [0.25, 0.3) is 0 Å². The van der Waals surface area contributed by atoms with Gasteiger partial charge in [0.05, 0.1) is 37.3 Å². The number of rotatable bonds is 5. The molecule has 1 aliphatic rings. The van der Waals surface area contributed by atoms with E-state index in [9.17, 15) is 4.79 Å². The molecule has 1 aromatic carbocycles. The standard InChI is InChI=1S/C18H22ClN5O3/c1-23-4-6-24(7-5-23)17-11-20-14(10-21-17)18(25)22-13-9-15(26-2)12(19)8-16(13)27-3/h8-11H,4-7H2,1-3H3,(H,22,25). The van der Waals surface area contributed by atoms with Gasteiger partial charge in [0.15, 0.2) is 0 Å². The first-order chi connectivity index (χ1) is 13.0. The topological polar surface area (TPSA) is 79.8 Å². The lowest BCUT2D eigenvalue weighted by Gasteiger charge is -2.32. The van der Waals surface area contributed by atoms with Crippen molar-refractivity contribution in [2.24, 2.45) is 0 Å². The lowest BCUT2D eigenvalue weighted by molar-refractivity contribution is 0.102. The maximum absolute atomic E-state index is 12.5. The van der Waals surface area contributed by atoms with Crippen molar-refractivity contribution in [2.75, 3.05) is 57.7 Å². The fourth-order valence-corrected chi connectivity index (χ4v) is 3.01. The molecule has 9 heteroatoms. The molecule has 0 spiro atoms. The zero-order valence-corrected chi connectivity index (χ0v) is 16.3.